The molecule has 1 aromatic heterocycles. The molecule has 0 unspecified atom stereocenters. The third-order valence-corrected chi connectivity index (χ3v) is 4.03. The van der Waals surface area contributed by atoms with Crippen LogP contribution < -0.4 is 5.32 Å². The number of anilines is 1. The van der Waals surface area contributed by atoms with Gasteiger partial charge in [-0.2, -0.15) is 5.10 Å². The molecule has 0 saturated heterocycles. The Morgan fingerprint density at radius 2 is 1.96 bits per heavy atom. The first-order valence-electron chi connectivity index (χ1n) is 7.37. The Bertz CT molecular complexity index is 874. The van der Waals surface area contributed by atoms with E-state index >= 15 is 0 Å². The van der Waals surface area contributed by atoms with Crippen molar-refractivity contribution < 1.29 is 9.18 Å². The van der Waals surface area contributed by atoms with Gasteiger partial charge in [0.15, 0.2) is 5.69 Å². The Hall–Kier alpha value is -2.47. The van der Waals surface area contributed by atoms with Crippen LogP contribution in [0.1, 0.15) is 21.7 Å². The zero-order chi connectivity index (χ0) is 17.1. The number of hydrogen-bond acceptors (Lipinski definition) is 2. The van der Waals surface area contributed by atoms with Crippen LogP contribution in [0.3, 0.4) is 0 Å². The van der Waals surface area contributed by atoms with Crippen LogP contribution in [-0.2, 0) is 6.54 Å². The van der Waals surface area contributed by atoms with Gasteiger partial charge >= 0.3 is 0 Å². The number of hydrogen-bond donors (Lipinski definition) is 1. The number of rotatable bonds is 4. The summed E-state index contributed by atoms with van der Waals surface area (Å²) in [7, 11) is 0. The Kier molecular flexibility index (Phi) is 4.76. The van der Waals surface area contributed by atoms with Crippen molar-refractivity contribution >= 4 is 27.5 Å². The van der Waals surface area contributed by atoms with Gasteiger partial charge in [-0.15, -0.1) is 0 Å². The molecule has 4 nitrogen and oxygen atoms in total. The lowest BCUT2D eigenvalue weighted by Crippen LogP contribution is -2.13. The topological polar surface area (TPSA) is 46.9 Å². The van der Waals surface area contributed by atoms with Gasteiger partial charge < -0.3 is 5.32 Å². The average molecular weight is 388 g/mol. The average Bonchev–Trinajstić information content (AvgIpc) is 2.91. The highest BCUT2D eigenvalue weighted by Crippen LogP contribution is 2.15. The number of nitrogens with zero attached hydrogens (tertiary/aromatic N) is 2. The highest BCUT2D eigenvalue weighted by atomic mass is 79.9. The molecular weight excluding hydrogens is 373 g/mol. The largest absolute Gasteiger partial charge is 0.321 e. The Morgan fingerprint density at radius 3 is 2.67 bits per heavy atom. The molecule has 2 aromatic carbocycles. The van der Waals surface area contributed by atoms with E-state index in [4.69, 9.17) is 0 Å². The molecule has 0 radical (unpaired) electrons. The lowest BCUT2D eigenvalue weighted by atomic mass is 10.2. The molecule has 6 heteroatoms. The molecule has 0 spiro atoms. The second-order valence-corrected chi connectivity index (χ2v) is 6.34. The van der Waals surface area contributed by atoms with E-state index in [2.05, 4.69) is 26.3 Å². The maximum Gasteiger partial charge on any atom is 0.276 e. The summed E-state index contributed by atoms with van der Waals surface area (Å²) in [5.41, 5.74) is 2.83. The van der Waals surface area contributed by atoms with Gasteiger partial charge in [-0.3, -0.25) is 9.48 Å². The molecule has 0 atom stereocenters. The number of nitrogens with one attached hydrogen (secondary N) is 1. The summed E-state index contributed by atoms with van der Waals surface area (Å²) in [5.74, 6) is -0.667. The van der Waals surface area contributed by atoms with E-state index in [-0.39, 0.29) is 11.7 Å². The monoisotopic (exact) mass is 387 g/mol. The molecule has 0 bridgehead atoms. The van der Waals surface area contributed by atoms with Crippen molar-refractivity contribution in [2.75, 3.05) is 5.32 Å². The fraction of sp³-hybridized carbons (Fsp3) is 0.111. The minimum atomic E-state index is -0.345. The quantitative estimate of drug-likeness (QED) is 0.721. The van der Waals surface area contributed by atoms with E-state index < -0.39 is 0 Å². The number of amides is 1. The molecule has 24 heavy (non-hydrogen) atoms. The number of carbonyl (C=O) groups is 1. The first kappa shape index (κ1) is 16.4. The number of carbonyl (C=O) groups excluding carboxylic acids is 1. The SMILES string of the molecule is Cc1cc(C(=O)Nc2ccc(F)cc2)nn1Cc1cccc(Br)c1. The Labute approximate surface area is 147 Å². The highest BCUT2D eigenvalue weighted by molar-refractivity contribution is 9.10. The zero-order valence-corrected chi connectivity index (χ0v) is 14.5. The summed E-state index contributed by atoms with van der Waals surface area (Å²) >= 11 is 3.44. The van der Waals surface area contributed by atoms with Crippen LogP contribution in [0.4, 0.5) is 10.1 Å². The van der Waals surface area contributed by atoms with Crippen molar-refractivity contribution in [3.8, 4) is 0 Å². The van der Waals surface area contributed by atoms with E-state index in [0.29, 0.717) is 17.9 Å². The van der Waals surface area contributed by atoms with Crippen molar-refractivity contribution in [3.05, 3.63) is 81.8 Å². The van der Waals surface area contributed by atoms with Crippen LogP contribution in [0.2, 0.25) is 0 Å². The minimum Gasteiger partial charge on any atom is -0.321 e. The smallest absolute Gasteiger partial charge is 0.276 e. The molecule has 0 saturated carbocycles. The van der Waals surface area contributed by atoms with Crippen LogP contribution in [0, 0.1) is 12.7 Å². The molecule has 1 N–H and O–H groups in total. The van der Waals surface area contributed by atoms with E-state index in [9.17, 15) is 9.18 Å². The second kappa shape index (κ2) is 6.97. The zero-order valence-electron chi connectivity index (χ0n) is 13.0. The van der Waals surface area contributed by atoms with E-state index in [0.717, 1.165) is 15.7 Å². The summed E-state index contributed by atoms with van der Waals surface area (Å²) in [6, 6.07) is 15.3. The lowest BCUT2D eigenvalue weighted by molar-refractivity contribution is 0.102. The van der Waals surface area contributed by atoms with Gasteiger partial charge in [0.1, 0.15) is 5.82 Å². The van der Waals surface area contributed by atoms with Gasteiger partial charge in [0.05, 0.1) is 6.54 Å². The van der Waals surface area contributed by atoms with Crippen LogP contribution in [0.15, 0.2) is 59.1 Å². The molecule has 0 aliphatic heterocycles. The molecule has 122 valence electrons. The third kappa shape index (κ3) is 3.89. The van der Waals surface area contributed by atoms with Gasteiger partial charge in [0.25, 0.3) is 5.91 Å². The molecule has 0 fully saturated rings. The standard InChI is InChI=1S/C18H15BrFN3O/c1-12-9-17(18(24)21-16-7-5-15(20)6-8-16)22-23(12)11-13-3-2-4-14(19)10-13/h2-10H,11H2,1H3,(H,21,24). The highest BCUT2D eigenvalue weighted by Gasteiger charge is 2.13. The first-order valence-corrected chi connectivity index (χ1v) is 8.16. The van der Waals surface area contributed by atoms with Crippen LogP contribution in [0.25, 0.3) is 0 Å². The van der Waals surface area contributed by atoms with Gasteiger partial charge in [0.2, 0.25) is 0 Å². The first-order chi connectivity index (χ1) is 11.5. The summed E-state index contributed by atoms with van der Waals surface area (Å²) in [6.45, 7) is 2.48. The van der Waals surface area contributed by atoms with Crippen LogP contribution >= 0.6 is 15.9 Å². The maximum atomic E-state index is 12.9. The van der Waals surface area contributed by atoms with E-state index in [1.165, 1.54) is 24.3 Å². The van der Waals surface area contributed by atoms with Crippen molar-refractivity contribution in [1.82, 2.24) is 9.78 Å². The molecule has 3 aromatic rings. The Balaban J connectivity index is 1.75. The summed E-state index contributed by atoms with van der Waals surface area (Å²) in [6.07, 6.45) is 0. The van der Waals surface area contributed by atoms with Crippen molar-refractivity contribution in [1.29, 1.82) is 0 Å². The molecule has 1 amide bonds. The van der Waals surface area contributed by atoms with E-state index in [1.54, 1.807) is 10.7 Å². The number of aryl methyl sites for hydroxylation is 1. The normalized spacial score (nSPS) is 10.6. The summed E-state index contributed by atoms with van der Waals surface area (Å²) in [4.78, 5) is 12.3. The van der Waals surface area contributed by atoms with Gasteiger partial charge in [-0.05, 0) is 55.0 Å². The maximum absolute atomic E-state index is 12.9. The molecule has 0 aliphatic carbocycles. The number of benzene rings is 2. The van der Waals surface area contributed by atoms with Crippen molar-refractivity contribution in [2.24, 2.45) is 0 Å². The molecule has 3 rings (SSSR count). The second-order valence-electron chi connectivity index (χ2n) is 5.42. The van der Waals surface area contributed by atoms with E-state index in [1.807, 2.05) is 31.2 Å². The van der Waals surface area contributed by atoms with Crippen LogP contribution in [0.5, 0.6) is 0 Å². The summed E-state index contributed by atoms with van der Waals surface area (Å²) in [5, 5.41) is 7.07. The third-order valence-electron chi connectivity index (χ3n) is 3.54. The molecular formula is C18H15BrFN3O. The fourth-order valence-corrected chi connectivity index (χ4v) is 2.76. The predicted octanol–water partition coefficient (Wildman–Crippen LogP) is 4.39. The van der Waals surface area contributed by atoms with Gasteiger partial charge in [-0.25, -0.2) is 4.39 Å². The van der Waals surface area contributed by atoms with Gasteiger partial charge in [-0.1, -0.05) is 28.1 Å². The Morgan fingerprint density at radius 1 is 1.21 bits per heavy atom. The lowest BCUT2D eigenvalue weighted by Gasteiger charge is -2.05. The van der Waals surface area contributed by atoms with Crippen molar-refractivity contribution in [3.63, 3.8) is 0 Å². The molecule has 1 heterocycles. The van der Waals surface area contributed by atoms with Crippen LogP contribution in [-0.4, -0.2) is 15.7 Å². The van der Waals surface area contributed by atoms with Crippen molar-refractivity contribution in [2.45, 2.75) is 13.5 Å². The fourth-order valence-electron chi connectivity index (χ4n) is 2.32. The predicted molar refractivity (Wildman–Crippen MR) is 94.6 cm³/mol. The number of halogens is 2. The van der Waals surface area contributed by atoms with Gasteiger partial charge in [0, 0.05) is 15.9 Å². The number of aromatic nitrogens is 2. The minimum absolute atomic E-state index is 0.322. The summed E-state index contributed by atoms with van der Waals surface area (Å²) < 4.78 is 15.7. The molecule has 0 aliphatic rings.